The second-order valence-electron chi connectivity index (χ2n) is 7.45. The Morgan fingerprint density at radius 2 is 1.60 bits per heavy atom. The third kappa shape index (κ3) is 4.09. The Labute approximate surface area is 178 Å². The van der Waals surface area contributed by atoms with Crippen LogP contribution < -0.4 is 9.47 Å². The molecule has 0 fully saturated rings. The fraction of sp³-hybridized carbons (Fsp3) is 0.308. The van der Waals surface area contributed by atoms with Crippen molar-refractivity contribution in [3.8, 4) is 11.5 Å². The molecule has 0 saturated carbocycles. The number of rotatable bonds is 6. The number of hydrogen-bond donors (Lipinski definition) is 0. The Balaban J connectivity index is 0.00000256. The molecule has 0 aliphatic heterocycles. The summed E-state index contributed by atoms with van der Waals surface area (Å²) in [6.07, 6.45) is 6.71. The Kier molecular flexibility index (Phi) is 6.56. The second kappa shape index (κ2) is 9.12. The van der Waals surface area contributed by atoms with Gasteiger partial charge in [-0.05, 0) is 59.7 Å². The van der Waals surface area contributed by atoms with E-state index in [1.54, 1.807) is 14.2 Å². The van der Waals surface area contributed by atoms with Crippen LogP contribution in [-0.2, 0) is 12.8 Å². The van der Waals surface area contributed by atoms with E-state index < -0.39 is 0 Å². The maximum absolute atomic E-state index is 5.56. The monoisotopic (exact) mass is 402 g/mol. The van der Waals surface area contributed by atoms with Crippen molar-refractivity contribution in [2.75, 3.05) is 14.2 Å². The lowest BCUT2D eigenvalue weighted by molar-refractivity contribution is 0.356. The molecule has 0 spiro atoms. The summed E-state index contributed by atoms with van der Waals surface area (Å²) in [6, 6.07) is 12.7. The molecular formula is C26H30N2O2. The average molecular weight is 403 g/mol. The highest BCUT2D eigenvalue weighted by Crippen LogP contribution is 2.35. The van der Waals surface area contributed by atoms with Gasteiger partial charge in [-0.15, -0.1) is 0 Å². The zero-order valence-electron chi connectivity index (χ0n) is 17.5. The van der Waals surface area contributed by atoms with Crippen LogP contribution in [0.4, 0.5) is 0 Å². The molecule has 4 nitrogen and oxygen atoms in total. The van der Waals surface area contributed by atoms with Gasteiger partial charge in [-0.25, -0.2) is 0 Å². The van der Waals surface area contributed by atoms with E-state index in [0.29, 0.717) is 0 Å². The summed E-state index contributed by atoms with van der Waals surface area (Å²) < 4.78 is 11.1. The minimum Gasteiger partial charge on any atom is -0.493 e. The minimum atomic E-state index is 0. The highest BCUT2D eigenvalue weighted by molar-refractivity contribution is 5.91. The van der Waals surface area contributed by atoms with Gasteiger partial charge in [0.2, 0.25) is 0 Å². The van der Waals surface area contributed by atoms with Crippen LogP contribution in [0.5, 0.6) is 11.5 Å². The van der Waals surface area contributed by atoms with Gasteiger partial charge in [0.15, 0.2) is 11.5 Å². The van der Waals surface area contributed by atoms with Crippen molar-refractivity contribution in [3.63, 3.8) is 0 Å². The summed E-state index contributed by atoms with van der Waals surface area (Å²) in [5.74, 6) is 1.47. The summed E-state index contributed by atoms with van der Waals surface area (Å²) >= 11 is 0. The minimum absolute atomic E-state index is 0. The Morgan fingerprint density at radius 3 is 2.30 bits per heavy atom. The molecule has 0 radical (unpaired) electrons. The van der Waals surface area contributed by atoms with E-state index in [-0.39, 0.29) is 7.43 Å². The molecule has 2 aromatic carbocycles. The summed E-state index contributed by atoms with van der Waals surface area (Å²) in [6.45, 7) is 4.26. The predicted octanol–water partition coefficient (Wildman–Crippen LogP) is 6.29. The molecular weight excluding hydrogens is 372 g/mol. The lowest BCUT2D eigenvalue weighted by Gasteiger charge is -2.14. The SMILES string of the molecule is C.CCCc1ncc(Cc2cnc3cc(C)ccc3c2)c2cc(OC)c(OC)cc12. The average Bonchev–Trinajstić information content (AvgIpc) is 2.74. The summed E-state index contributed by atoms with van der Waals surface area (Å²) in [5, 5.41) is 3.45. The zero-order chi connectivity index (χ0) is 20.4. The molecule has 0 N–H and O–H groups in total. The first-order valence-electron chi connectivity index (χ1n) is 10.0. The molecule has 0 aliphatic rings. The van der Waals surface area contributed by atoms with Gasteiger partial charge in [0.25, 0.3) is 0 Å². The van der Waals surface area contributed by atoms with Crippen molar-refractivity contribution in [2.24, 2.45) is 0 Å². The lowest BCUT2D eigenvalue weighted by Crippen LogP contribution is -2.00. The van der Waals surface area contributed by atoms with Crippen LogP contribution in [0.15, 0.2) is 48.8 Å². The quantitative estimate of drug-likeness (QED) is 0.380. The van der Waals surface area contributed by atoms with Crippen LogP contribution in [0.2, 0.25) is 0 Å². The number of methoxy groups -OCH3 is 2. The molecule has 2 heterocycles. The largest absolute Gasteiger partial charge is 0.493 e. The highest BCUT2D eigenvalue weighted by atomic mass is 16.5. The molecule has 0 bridgehead atoms. The van der Waals surface area contributed by atoms with Crippen LogP contribution in [0.25, 0.3) is 21.7 Å². The highest BCUT2D eigenvalue weighted by Gasteiger charge is 2.14. The number of nitrogens with zero attached hydrogens (tertiary/aromatic N) is 2. The topological polar surface area (TPSA) is 44.2 Å². The van der Waals surface area contributed by atoms with Gasteiger partial charge in [-0.1, -0.05) is 32.9 Å². The number of aromatic nitrogens is 2. The maximum Gasteiger partial charge on any atom is 0.161 e. The number of ether oxygens (including phenoxy) is 2. The van der Waals surface area contributed by atoms with Gasteiger partial charge in [0.1, 0.15) is 0 Å². The fourth-order valence-corrected chi connectivity index (χ4v) is 3.85. The van der Waals surface area contributed by atoms with Gasteiger partial charge in [0, 0.05) is 35.3 Å². The van der Waals surface area contributed by atoms with E-state index in [2.05, 4.69) is 55.2 Å². The van der Waals surface area contributed by atoms with E-state index in [9.17, 15) is 0 Å². The molecule has 4 rings (SSSR count). The maximum atomic E-state index is 5.56. The predicted molar refractivity (Wildman–Crippen MR) is 125 cm³/mol. The summed E-state index contributed by atoms with van der Waals surface area (Å²) in [4.78, 5) is 9.44. The van der Waals surface area contributed by atoms with Crippen molar-refractivity contribution in [2.45, 2.75) is 40.5 Å². The molecule has 0 aliphatic carbocycles. The van der Waals surface area contributed by atoms with E-state index >= 15 is 0 Å². The van der Waals surface area contributed by atoms with Gasteiger partial charge in [-0.2, -0.15) is 0 Å². The van der Waals surface area contributed by atoms with E-state index in [1.807, 2.05) is 12.4 Å². The van der Waals surface area contributed by atoms with Crippen LogP contribution >= 0.6 is 0 Å². The number of fused-ring (bicyclic) bond motifs is 2. The van der Waals surface area contributed by atoms with Gasteiger partial charge in [0.05, 0.1) is 19.7 Å². The van der Waals surface area contributed by atoms with Gasteiger partial charge >= 0.3 is 0 Å². The molecule has 0 amide bonds. The van der Waals surface area contributed by atoms with Crippen LogP contribution in [-0.4, -0.2) is 24.2 Å². The molecule has 2 aromatic heterocycles. The summed E-state index contributed by atoms with van der Waals surface area (Å²) in [5.41, 5.74) is 5.68. The Hall–Kier alpha value is -3.14. The number of benzene rings is 2. The third-order valence-corrected chi connectivity index (χ3v) is 5.33. The molecule has 30 heavy (non-hydrogen) atoms. The second-order valence-corrected chi connectivity index (χ2v) is 7.45. The van der Waals surface area contributed by atoms with Crippen LogP contribution in [0.3, 0.4) is 0 Å². The van der Waals surface area contributed by atoms with E-state index in [4.69, 9.17) is 14.5 Å². The first-order chi connectivity index (χ1) is 14.1. The molecule has 0 saturated heterocycles. The van der Waals surface area contributed by atoms with Crippen LogP contribution in [0.1, 0.15) is 43.2 Å². The Morgan fingerprint density at radius 1 is 0.867 bits per heavy atom. The number of hydrogen-bond acceptors (Lipinski definition) is 4. The molecule has 4 heteroatoms. The fourth-order valence-electron chi connectivity index (χ4n) is 3.85. The number of pyridine rings is 2. The summed E-state index contributed by atoms with van der Waals surface area (Å²) in [7, 11) is 3.34. The zero-order valence-corrected chi connectivity index (χ0v) is 17.5. The molecule has 4 aromatic rings. The lowest BCUT2D eigenvalue weighted by atomic mass is 9.97. The van der Waals surface area contributed by atoms with Crippen molar-refractivity contribution in [1.82, 2.24) is 9.97 Å². The Bertz CT molecular complexity index is 1180. The first kappa shape index (κ1) is 21.6. The standard InChI is InChI=1S/C25H26N2O2.CH4/c1-5-6-22-21-13-25(29-4)24(28-3)12-20(21)19(15-27-22)11-17-10-18-8-7-16(2)9-23(18)26-14-17;/h7-10,12-15H,5-6,11H2,1-4H3;1H4. The number of aryl methyl sites for hydroxylation is 2. The van der Waals surface area contributed by atoms with Crippen molar-refractivity contribution < 1.29 is 9.47 Å². The van der Waals surface area contributed by atoms with Crippen molar-refractivity contribution >= 4 is 21.7 Å². The van der Waals surface area contributed by atoms with Crippen molar-refractivity contribution in [1.29, 1.82) is 0 Å². The normalized spacial score (nSPS) is 10.8. The van der Waals surface area contributed by atoms with Crippen LogP contribution in [0, 0.1) is 6.92 Å². The van der Waals surface area contributed by atoms with Crippen molar-refractivity contribution in [3.05, 3.63) is 71.2 Å². The van der Waals surface area contributed by atoms with Gasteiger partial charge < -0.3 is 9.47 Å². The third-order valence-electron chi connectivity index (χ3n) is 5.33. The van der Waals surface area contributed by atoms with E-state index in [0.717, 1.165) is 63.7 Å². The molecule has 156 valence electrons. The smallest absolute Gasteiger partial charge is 0.161 e. The molecule has 0 atom stereocenters. The van der Waals surface area contributed by atoms with Gasteiger partial charge in [-0.3, -0.25) is 9.97 Å². The first-order valence-corrected chi connectivity index (χ1v) is 10.0. The van der Waals surface area contributed by atoms with E-state index in [1.165, 1.54) is 11.1 Å². The molecule has 0 unspecified atom stereocenters.